The highest BCUT2D eigenvalue weighted by atomic mass is 19.4. The van der Waals surface area contributed by atoms with E-state index >= 15 is 0 Å². The molecule has 0 saturated carbocycles. The lowest BCUT2D eigenvalue weighted by atomic mass is 10.1. The molecule has 2 rings (SSSR count). The number of halogens is 3. The van der Waals surface area contributed by atoms with Crippen molar-refractivity contribution in [1.82, 2.24) is 15.0 Å². The predicted octanol–water partition coefficient (Wildman–Crippen LogP) is 2.63. The number of aromatic carboxylic acids is 1. The van der Waals surface area contributed by atoms with Gasteiger partial charge in [-0.15, -0.1) is 5.10 Å². The summed E-state index contributed by atoms with van der Waals surface area (Å²) in [5.74, 6) is -1.74. The Bertz CT molecular complexity index is 623. The fraction of sp³-hybridized carbons (Fsp3) is 0.308. The monoisotopic (exact) mass is 299 g/mol. The lowest BCUT2D eigenvalue weighted by Gasteiger charge is -2.10. The molecule has 0 atom stereocenters. The molecular formula is C13H12F3N3O2. The topological polar surface area (TPSA) is 68.0 Å². The average Bonchev–Trinajstić information content (AvgIpc) is 2.84. The van der Waals surface area contributed by atoms with Crippen molar-refractivity contribution in [3.63, 3.8) is 0 Å². The minimum absolute atomic E-state index is 0.0516. The fourth-order valence-corrected chi connectivity index (χ4v) is 1.97. The zero-order valence-corrected chi connectivity index (χ0v) is 10.8. The maximum Gasteiger partial charge on any atom is 0.435 e. The van der Waals surface area contributed by atoms with E-state index < -0.39 is 23.5 Å². The van der Waals surface area contributed by atoms with Crippen LogP contribution in [0.2, 0.25) is 0 Å². The summed E-state index contributed by atoms with van der Waals surface area (Å²) >= 11 is 0. The maximum atomic E-state index is 12.9. The highest BCUT2D eigenvalue weighted by Crippen LogP contribution is 2.31. The van der Waals surface area contributed by atoms with Gasteiger partial charge in [-0.1, -0.05) is 35.5 Å². The standard InChI is InChI=1S/C13H12F3N3O2/c14-13(15,16)11-10(12(20)21)17-18-19(11)8-4-7-9-5-2-1-3-6-9/h1-3,5-6H,4,7-8H2,(H,20,21). The molecule has 0 bridgehead atoms. The number of carboxylic acids is 1. The summed E-state index contributed by atoms with van der Waals surface area (Å²) in [5, 5.41) is 15.1. The van der Waals surface area contributed by atoms with Crippen LogP contribution in [0.15, 0.2) is 30.3 Å². The van der Waals surface area contributed by atoms with Crippen LogP contribution in [-0.4, -0.2) is 26.1 Å². The first-order valence-electron chi connectivity index (χ1n) is 6.17. The van der Waals surface area contributed by atoms with Gasteiger partial charge in [0.2, 0.25) is 5.69 Å². The Labute approximate surface area is 118 Å². The maximum absolute atomic E-state index is 12.9. The summed E-state index contributed by atoms with van der Waals surface area (Å²) in [4.78, 5) is 10.8. The fourth-order valence-electron chi connectivity index (χ4n) is 1.97. The minimum Gasteiger partial charge on any atom is -0.476 e. The third-order valence-corrected chi connectivity index (χ3v) is 2.88. The lowest BCUT2D eigenvalue weighted by Crippen LogP contribution is -2.18. The number of carboxylic acid groups (broad SMARTS) is 1. The minimum atomic E-state index is -4.80. The van der Waals surface area contributed by atoms with Gasteiger partial charge in [0, 0.05) is 6.54 Å². The molecule has 112 valence electrons. The third kappa shape index (κ3) is 3.59. The Morgan fingerprint density at radius 1 is 1.24 bits per heavy atom. The normalized spacial score (nSPS) is 11.6. The molecule has 0 aliphatic rings. The van der Waals surface area contributed by atoms with Crippen molar-refractivity contribution < 1.29 is 23.1 Å². The summed E-state index contributed by atoms with van der Waals surface area (Å²) in [6.45, 7) is -0.0516. The van der Waals surface area contributed by atoms with Gasteiger partial charge in [0.25, 0.3) is 0 Å². The van der Waals surface area contributed by atoms with Crippen molar-refractivity contribution in [2.75, 3.05) is 0 Å². The Morgan fingerprint density at radius 2 is 1.90 bits per heavy atom. The van der Waals surface area contributed by atoms with Crippen LogP contribution in [0.1, 0.15) is 28.2 Å². The highest BCUT2D eigenvalue weighted by Gasteiger charge is 2.41. The quantitative estimate of drug-likeness (QED) is 0.921. The van der Waals surface area contributed by atoms with Gasteiger partial charge in [-0.25, -0.2) is 9.48 Å². The molecule has 1 heterocycles. The largest absolute Gasteiger partial charge is 0.476 e. The molecule has 1 N–H and O–H groups in total. The van der Waals surface area contributed by atoms with Crippen molar-refractivity contribution in [2.24, 2.45) is 0 Å². The van der Waals surface area contributed by atoms with Gasteiger partial charge in [0.05, 0.1) is 0 Å². The molecule has 5 nitrogen and oxygen atoms in total. The van der Waals surface area contributed by atoms with E-state index in [2.05, 4.69) is 10.3 Å². The van der Waals surface area contributed by atoms with Gasteiger partial charge in [-0.3, -0.25) is 0 Å². The van der Waals surface area contributed by atoms with Crippen molar-refractivity contribution in [1.29, 1.82) is 0 Å². The van der Waals surface area contributed by atoms with Crippen LogP contribution in [0, 0.1) is 0 Å². The number of rotatable bonds is 5. The van der Waals surface area contributed by atoms with E-state index in [9.17, 15) is 18.0 Å². The van der Waals surface area contributed by atoms with Crippen molar-refractivity contribution in [3.8, 4) is 0 Å². The zero-order chi connectivity index (χ0) is 15.5. The van der Waals surface area contributed by atoms with Gasteiger partial charge in [0.1, 0.15) is 0 Å². The van der Waals surface area contributed by atoms with Crippen LogP contribution in [0.25, 0.3) is 0 Å². The second-order valence-corrected chi connectivity index (χ2v) is 4.40. The molecule has 0 radical (unpaired) electrons. The zero-order valence-electron chi connectivity index (χ0n) is 10.8. The van der Waals surface area contributed by atoms with Crippen molar-refractivity contribution in [2.45, 2.75) is 25.6 Å². The van der Waals surface area contributed by atoms with E-state index in [0.29, 0.717) is 17.5 Å². The van der Waals surface area contributed by atoms with Gasteiger partial charge in [-0.2, -0.15) is 13.2 Å². The Morgan fingerprint density at radius 3 is 2.48 bits per heavy atom. The molecule has 0 aliphatic heterocycles. The van der Waals surface area contributed by atoms with Crippen LogP contribution in [-0.2, 0) is 19.1 Å². The first kappa shape index (κ1) is 15.0. The van der Waals surface area contributed by atoms with Gasteiger partial charge in [-0.05, 0) is 18.4 Å². The highest BCUT2D eigenvalue weighted by molar-refractivity contribution is 5.86. The molecule has 8 heteroatoms. The number of alkyl halides is 3. The van der Waals surface area contributed by atoms with E-state index in [1.807, 2.05) is 30.3 Å². The smallest absolute Gasteiger partial charge is 0.435 e. The number of nitrogens with zero attached hydrogens (tertiary/aromatic N) is 3. The first-order valence-corrected chi connectivity index (χ1v) is 6.17. The van der Waals surface area contributed by atoms with Gasteiger partial charge in [0.15, 0.2) is 5.69 Å². The van der Waals surface area contributed by atoms with Crippen LogP contribution >= 0.6 is 0 Å². The van der Waals surface area contributed by atoms with Crippen LogP contribution in [0.4, 0.5) is 13.2 Å². The summed E-state index contributed by atoms with van der Waals surface area (Å²) in [7, 11) is 0. The number of hydrogen-bond donors (Lipinski definition) is 1. The Balaban J connectivity index is 2.12. The molecule has 0 spiro atoms. The molecule has 1 aromatic carbocycles. The first-order chi connectivity index (χ1) is 9.89. The van der Waals surface area contributed by atoms with E-state index in [1.165, 1.54) is 0 Å². The van der Waals surface area contributed by atoms with Gasteiger partial charge >= 0.3 is 12.1 Å². The molecule has 21 heavy (non-hydrogen) atoms. The third-order valence-electron chi connectivity index (χ3n) is 2.88. The van der Waals surface area contributed by atoms with E-state index in [4.69, 9.17) is 5.11 Å². The number of benzene rings is 1. The second kappa shape index (κ2) is 5.94. The van der Waals surface area contributed by atoms with Crippen molar-refractivity contribution >= 4 is 5.97 Å². The van der Waals surface area contributed by atoms with E-state index in [-0.39, 0.29) is 6.54 Å². The molecule has 0 amide bonds. The Kier molecular flexibility index (Phi) is 4.25. The Hall–Kier alpha value is -2.38. The molecule has 0 unspecified atom stereocenters. The van der Waals surface area contributed by atoms with E-state index in [0.717, 1.165) is 5.56 Å². The molecular weight excluding hydrogens is 287 g/mol. The van der Waals surface area contributed by atoms with Crippen molar-refractivity contribution in [3.05, 3.63) is 47.3 Å². The molecule has 0 saturated heterocycles. The molecule has 2 aromatic rings. The summed E-state index contributed by atoms with van der Waals surface area (Å²) in [5.41, 5.74) is -1.39. The van der Waals surface area contributed by atoms with Crippen LogP contribution in [0.5, 0.6) is 0 Å². The molecule has 1 aromatic heterocycles. The lowest BCUT2D eigenvalue weighted by molar-refractivity contribution is -0.144. The summed E-state index contributed by atoms with van der Waals surface area (Å²) in [6.07, 6.45) is -3.83. The van der Waals surface area contributed by atoms with E-state index in [1.54, 1.807) is 0 Å². The summed E-state index contributed by atoms with van der Waals surface area (Å²) < 4.78 is 39.3. The van der Waals surface area contributed by atoms with Crippen LogP contribution in [0.3, 0.4) is 0 Å². The number of aryl methyl sites for hydroxylation is 2. The SMILES string of the molecule is O=C(O)c1nnn(CCCc2ccccc2)c1C(F)(F)F. The average molecular weight is 299 g/mol. The predicted molar refractivity (Wildman–Crippen MR) is 66.7 cm³/mol. The number of carbonyl (C=O) groups is 1. The molecule has 0 aliphatic carbocycles. The number of hydrogen-bond acceptors (Lipinski definition) is 3. The summed E-state index contributed by atoms with van der Waals surface area (Å²) in [6, 6.07) is 9.27. The number of aromatic nitrogens is 3. The molecule has 0 fully saturated rings. The second-order valence-electron chi connectivity index (χ2n) is 4.40. The van der Waals surface area contributed by atoms with Crippen LogP contribution < -0.4 is 0 Å². The van der Waals surface area contributed by atoms with Gasteiger partial charge < -0.3 is 5.11 Å².